The Morgan fingerprint density at radius 2 is 1.62 bits per heavy atom. The van der Waals surface area contributed by atoms with E-state index in [0.717, 1.165) is 0 Å². The van der Waals surface area contributed by atoms with Gasteiger partial charge >= 0.3 is 12.3 Å². The molecule has 0 aliphatic heterocycles. The van der Waals surface area contributed by atoms with Gasteiger partial charge in [0.05, 0.1) is 6.61 Å². The van der Waals surface area contributed by atoms with Gasteiger partial charge in [-0.05, 0) is 0 Å². The van der Waals surface area contributed by atoms with Gasteiger partial charge in [-0.15, -0.1) is 0 Å². The van der Waals surface area contributed by atoms with Crippen molar-refractivity contribution in [2.45, 2.75) is 6.42 Å². The lowest BCUT2D eigenvalue weighted by Crippen LogP contribution is -2.03. The largest absolute Gasteiger partial charge is 0.505 e. The fraction of sp³-hybridized carbons (Fsp3) is 0.667. The second kappa shape index (κ2) is 10.5. The molecule has 0 aromatic heterocycles. The van der Waals surface area contributed by atoms with E-state index < -0.39 is 12.3 Å². The van der Waals surface area contributed by atoms with E-state index in [1.807, 2.05) is 0 Å². The van der Waals surface area contributed by atoms with Crippen molar-refractivity contribution in [3.63, 3.8) is 0 Å². The molecule has 0 saturated heterocycles. The highest BCUT2D eigenvalue weighted by Gasteiger charge is 1.93. The van der Waals surface area contributed by atoms with E-state index in [-0.39, 0.29) is 6.61 Å². The van der Waals surface area contributed by atoms with Crippen LogP contribution in [0.5, 0.6) is 0 Å². The maximum atomic E-state index is 9.70. The molecule has 0 atom stereocenters. The summed E-state index contributed by atoms with van der Waals surface area (Å²) in [7, 11) is 1.56. The van der Waals surface area contributed by atoms with Crippen LogP contribution in [-0.4, -0.2) is 48.0 Å². The number of rotatable bonds is 4. The predicted octanol–water partition coefficient (Wildman–Crippen LogP) is 0.940. The zero-order chi connectivity index (χ0) is 10.7. The zero-order valence-corrected chi connectivity index (χ0v) is 7.10. The molecule has 0 saturated carbocycles. The monoisotopic (exact) mass is 196 g/mol. The summed E-state index contributed by atoms with van der Waals surface area (Å²) in [6, 6.07) is 0. The Bertz CT molecular complexity index is 140. The summed E-state index contributed by atoms with van der Waals surface area (Å²) >= 11 is 0. The average molecular weight is 196 g/mol. The van der Waals surface area contributed by atoms with Crippen LogP contribution in [0, 0.1) is 0 Å². The molecule has 0 unspecified atom stereocenters. The Morgan fingerprint density at radius 1 is 1.15 bits per heavy atom. The second-order valence-electron chi connectivity index (χ2n) is 1.74. The van der Waals surface area contributed by atoms with Gasteiger partial charge in [0.25, 0.3) is 0 Å². The lowest BCUT2D eigenvalue weighted by molar-refractivity contribution is 0.0809. The number of ether oxygens (including phenoxy) is 2. The highest BCUT2D eigenvalue weighted by molar-refractivity contribution is 5.56. The molecule has 0 fully saturated rings. The molecule has 0 amide bonds. The summed E-state index contributed by atoms with van der Waals surface area (Å²) in [6.45, 7) is 0.746. The Balaban J connectivity index is 0. The van der Waals surface area contributed by atoms with Gasteiger partial charge in [-0.3, -0.25) is 0 Å². The van der Waals surface area contributed by atoms with Gasteiger partial charge in [0.1, 0.15) is 0 Å². The highest BCUT2D eigenvalue weighted by atomic mass is 16.7. The number of carboxylic acid groups (broad SMARTS) is 3. The third kappa shape index (κ3) is 37.5. The van der Waals surface area contributed by atoms with Crippen molar-refractivity contribution in [3.05, 3.63) is 0 Å². The van der Waals surface area contributed by atoms with Crippen molar-refractivity contribution in [3.8, 4) is 0 Å². The van der Waals surface area contributed by atoms with Gasteiger partial charge in [0, 0.05) is 20.1 Å². The molecule has 0 radical (unpaired) electrons. The number of hydrogen-bond acceptors (Lipinski definition) is 4. The molecule has 0 spiro atoms. The minimum Gasteiger partial charge on any atom is -0.450 e. The van der Waals surface area contributed by atoms with Gasteiger partial charge in [-0.2, -0.15) is 0 Å². The molecule has 7 heteroatoms. The van der Waals surface area contributed by atoms with E-state index in [0.29, 0.717) is 13.0 Å². The smallest absolute Gasteiger partial charge is 0.450 e. The minimum absolute atomic E-state index is 0.211. The summed E-state index contributed by atoms with van der Waals surface area (Å²) in [5.41, 5.74) is 0. The maximum absolute atomic E-state index is 9.70. The van der Waals surface area contributed by atoms with E-state index >= 15 is 0 Å². The molecule has 0 bridgehead atoms. The fourth-order valence-electron chi connectivity index (χ4n) is 0.363. The molecule has 0 heterocycles. The molecular formula is C6H12O7. The molecule has 13 heavy (non-hydrogen) atoms. The molecule has 0 aliphatic rings. The third-order valence-corrected chi connectivity index (χ3v) is 0.718. The van der Waals surface area contributed by atoms with Gasteiger partial charge < -0.3 is 24.8 Å². The van der Waals surface area contributed by atoms with Gasteiger partial charge in [0.2, 0.25) is 0 Å². The Hall–Kier alpha value is -1.50. The summed E-state index contributed by atoms with van der Waals surface area (Å²) in [5.74, 6) is 0. The molecule has 0 aromatic carbocycles. The molecule has 0 aliphatic carbocycles. The molecule has 7 nitrogen and oxygen atoms in total. The van der Waals surface area contributed by atoms with Crippen molar-refractivity contribution in [2.75, 3.05) is 20.3 Å². The number of methoxy groups -OCH3 is 1. The fourth-order valence-corrected chi connectivity index (χ4v) is 0.363. The zero-order valence-electron chi connectivity index (χ0n) is 7.10. The van der Waals surface area contributed by atoms with Crippen LogP contribution in [0.3, 0.4) is 0 Å². The standard InChI is InChI=1S/C5H10O4.CH2O3/c1-8-3-2-4-9-5(6)7;2-1(3)4/h2-4H2,1H3,(H,6,7);(H2,2,3,4). The number of hydrogen-bond donors (Lipinski definition) is 3. The van der Waals surface area contributed by atoms with E-state index in [9.17, 15) is 4.79 Å². The first-order valence-corrected chi connectivity index (χ1v) is 3.27. The van der Waals surface area contributed by atoms with E-state index in [1.54, 1.807) is 7.11 Å². The van der Waals surface area contributed by atoms with Crippen LogP contribution in [0.2, 0.25) is 0 Å². The summed E-state index contributed by atoms with van der Waals surface area (Å²) in [5, 5.41) is 21.9. The lowest BCUT2D eigenvalue weighted by Gasteiger charge is -1.97. The van der Waals surface area contributed by atoms with Crippen LogP contribution in [-0.2, 0) is 9.47 Å². The SMILES string of the molecule is COCCCOC(=O)O.O=C(O)O. The molecule has 78 valence electrons. The van der Waals surface area contributed by atoms with Crippen LogP contribution in [0.4, 0.5) is 9.59 Å². The topological polar surface area (TPSA) is 113 Å². The number of carbonyl (C=O) groups is 2. The highest BCUT2D eigenvalue weighted by Crippen LogP contribution is 1.82. The Morgan fingerprint density at radius 3 is 1.92 bits per heavy atom. The van der Waals surface area contributed by atoms with Crippen LogP contribution in [0.1, 0.15) is 6.42 Å². The molecule has 0 aromatic rings. The molecule has 0 rings (SSSR count). The average Bonchev–Trinajstić information content (AvgIpc) is 1.97. The summed E-state index contributed by atoms with van der Waals surface area (Å²) in [4.78, 5) is 18.3. The molecular weight excluding hydrogens is 184 g/mol. The van der Waals surface area contributed by atoms with Gasteiger partial charge in [-0.25, -0.2) is 9.59 Å². The summed E-state index contributed by atoms with van der Waals surface area (Å²) in [6.07, 6.45) is -2.45. The van der Waals surface area contributed by atoms with E-state index in [1.165, 1.54) is 0 Å². The maximum Gasteiger partial charge on any atom is 0.505 e. The quantitative estimate of drug-likeness (QED) is 0.452. The minimum atomic E-state index is -1.83. The first kappa shape index (κ1) is 14.0. The van der Waals surface area contributed by atoms with Crippen LogP contribution in [0.15, 0.2) is 0 Å². The van der Waals surface area contributed by atoms with Crippen molar-refractivity contribution in [2.24, 2.45) is 0 Å². The van der Waals surface area contributed by atoms with Crippen molar-refractivity contribution in [1.82, 2.24) is 0 Å². The van der Waals surface area contributed by atoms with Crippen molar-refractivity contribution >= 4 is 12.3 Å². The molecule has 3 N–H and O–H groups in total. The van der Waals surface area contributed by atoms with Crippen molar-refractivity contribution in [1.29, 1.82) is 0 Å². The van der Waals surface area contributed by atoms with E-state index in [4.69, 9.17) is 20.1 Å². The van der Waals surface area contributed by atoms with Crippen LogP contribution in [0.25, 0.3) is 0 Å². The van der Waals surface area contributed by atoms with Gasteiger partial charge in [0.15, 0.2) is 0 Å². The van der Waals surface area contributed by atoms with Crippen molar-refractivity contribution < 1.29 is 34.4 Å². The normalized spacial score (nSPS) is 8.08. The first-order chi connectivity index (χ1) is 6.00. The Labute approximate surface area is 74.5 Å². The van der Waals surface area contributed by atoms with Crippen LogP contribution < -0.4 is 0 Å². The first-order valence-electron chi connectivity index (χ1n) is 3.27. The second-order valence-corrected chi connectivity index (χ2v) is 1.74. The lowest BCUT2D eigenvalue weighted by atomic mass is 10.5. The van der Waals surface area contributed by atoms with Gasteiger partial charge in [-0.1, -0.05) is 0 Å². The summed E-state index contributed by atoms with van der Waals surface area (Å²) < 4.78 is 8.83. The Kier molecular flexibility index (Phi) is 11.3. The predicted molar refractivity (Wildman–Crippen MR) is 41.1 cm³/mol. The van der Waals surface area contributed by atoms with E-state index in [2.05, 4.69) is 9.47 Å². The van der Waals surface area contributed by atoms with Crippen LogP contribution >= 0.6 is 0 Å². The third-order valence-electron chi connectivity index (χ3n) is 0.718.